The van der Waals surface area contributed by atoms with Gasteiger partial charge in [0.05, 0.1) is 10.9 Å². The maximum Gasteiger partial charge on any atom is 0.251 e. The highest BCUT2D eigenvalue weighted by Crippen LogP contribution is 2.21. The number of aromatic nitrogens is 5. The Morgan fingerprint density at radius 2 is 1.96 bits per heavy atom. The Balaban J connectivity index is 1.89. The molecular weight excluding hydrogens is 392 g/mol. The second kappa shape index (κ2) is 7.41. The van der Waals surface area contributed by atoms with Gasteiger partial charge in [0.2, 0.25) is 0 Å². The lowest BCUT2D eigenvalue weighted by Gasteiger charge is -2.16. The molecule has 0 aliphatic rings. The highest BCUT2D eigenvalue weighted by atomic mass is 35.5. The van der Waals surface area contributed by atoms with Gasteiger partial charge in [-0.1, -0.05) is 11.6 Å². The molecule has 0 aliphatic carbocycles. The minimum atomic E-state index is -3.50. The SMILES string of the molecule is CC(NC(=O)c1cc(Cl)cc(S(C)(=O)=O)c1)c1nccnc1-n1cncn1. The van der Waals surface area contributed by atoms with Crippen molar-refractivity contribution in [2.45, 2.75) is 17.9 Å². The van der Waals surface area contributed by atoms with Gasteiger partial charge in [-0.15, -0.1) is 0 Å². The average Bonchev–Trinajstić information content (AvgIpc) is 3.15. The van der Waals surface area contributed by atoms with E-state index in [2.05, 4.69) is 25.4 Å². The minimum absolute atomic E-state index is 0.0318. The molecule has 140 valence electrons. The number of rotatable bonds is 5. The summed E-state index contributed by atoms with van der Waals surface area (Å²) in [6, 6.07) is 3.43. The lowest BCUT2D eigenvalue weighted by molar-refractivity contribution is 0.0939. The van der Waals surface area contributed by atoms with Crippen molar-refractivity contribution in [3.63, 3.8) is 0 Å². The van der Waals surface area contributed by atoms with Crippen molar-refractivity contribution in [3.05, 3.63) is 59.5 Å². The molecular formula is C16H15ClN6O3S. The molecule has 3 aromatic rings. The van der Waals surface area contributed by atoms with Crippen LogP contribution in [0.2, 0.25) is 5.02 Å². The summed E-state index contributed by atoms with van der Waals surface area (Å²) < 4.78 is 24.9. The molecule has 0 aliphatic heterocycles. The standard InChI is InChI=1S/C16H15ClN6O3S/c1-10(14-15(20-4-3-19-14)23-9-18-8-21-23)22-16(24)11-5-12(17)7-13(6-11)27(2,25)26/h3-10H,1-2H3,(H,22,24). The van der Waals surface area contributed by atoms with Gasteiger partial charge in [0, 0.05) is 29.2 Å². The maximum atomic E-state index is 12.6. The van der Waals surface area contributed by atoms with Crippen LogP contribution in [0.25, 0.3) is 5.82 Å². The Morgan fingerprint density at radius 1 is 1.22 bits per heavy atom. The van der Waals surface area contributed by atoms with Crippen LogP contribution in [-0.2, 0) is 9.84 Å². The van der Waals surface area contributed by atoms with Crippen LogP contribution < -0.4 is 5.32 Å². The molecule has 1 amide bonds. The fraction of sp³-hybridized carbons (Fsp3) is 0.188. The van der Waals surface area contributed by atoms with E-state index in [1.54, 1.807) is 6.92 Å². The first-order valence-corrected chi connectivity index (χ1v) is 10.00. The first-order valence-electron chi connectivity index (χ1n) is 7.73. The van der Waals surface area contributed by atoms with Gasteiger partial charge >= 0.3 is 0 Å². The molecule has 27 heavy (non-hydrogen) atoms. The van der Waals surface area contributed by atoms with Gasteiger partial charge in [-0.2, -0.15) is 5.10 Å². The van der Waals surface area contributed by atoms with E-state index in [4.69, 9.17) is 11.6 Å². The molecule has 2 heterocycles. The van der Waals surface area contributed by atoms with Crippen LogP contribution in [0.15, 0.2) is 48.1 Å². The van der Waals surface area contributed by atoms with Crippen LogP contribution in [0.3, 0.4) is 0 Å². The summed E-state index contributed by atoms with van der Waals surface area (Å²) in [7, 11) is -3.50. The highest BCUT2D eigenvalue weighted by molar-refractivity contribution is 7.90. The number of amides is 1. The molecule has 0 saturated carbocycles. The fourth-order valence-electron chi connectivity index (χ4n) is 2.40. The van der Waals surface area contributed by atoms with Gasteiger partial charge in [0.15, 0.2) is 15.7 Å². The van der Waals surface area contributed by atoms with E-state index in [9.17, 15) is 13.2 Å². The van der Waals surface area contributed by atoms with Crippen LogP contribution in [0.4, 0.5) is 0 Å². The Hall–Kier alpha value is -2.85. The van der Waals surface area contributed by atoms with Crippen molar-refractivity contribution in [1.29, 1.82) is 0 Å². The van der Waals surface area contributed by atoms with E-state index in [-0.39, 0.29) is 15.5 Å². The zero-order valence-corrected chi connectivity index (χ0v) is 15.9. The molecule has 0 spiro atoms. The minimum Gasteiger partial charge on any atom is -0.344 e. The quantitative estimate of drug-likeness (QED) is 0.683. The summed E-state index contributed by atoms with van der Waals surface area (Å²) in [5.41, 5.74) is 0.600. The Morgan fingerprint density at radius 3 is 2.63 bits per heavy atom. The van der Waals surface area contributed by atoms with Crippen LogP contribution in [-0.4, -0.2) is 45.3 Å². The molecule has 0 radical (unpaired) electrons. The molecule has 3 rings (SSSR count). The van der Waals surface area contributed by atoms with Gasteiger partial charge in [-0.25, -0.2) is 23.1 Å². The lowest BCUT2D eigenvalue weighted by atomic mass is 10.1. The van der Waals surface area contributed by atoms with Crippen LogP contribution >= 0.6 is 11.6 Å². The first-order chi connectivity index (χ1) is 12.8. The van der Waals surface area contributed by atoms with Crippen molar-refractivity contribution >= 4 is 27.3 Å². The molecule has 1 unspecified atom stereocenters. The highest BCUT2D eigenvalue weighted by Gasteiger charge is 2.20. The largest absolute Gasteiger partial charge is 0.344 e. The predicted octanol–water partition coefficient (Wildman–Crippen LogP) is 1.61. The van der Waals surface area contributed by atoms with Crippen molar-refractivity contribution in [3.8, 4) is 5.82 Å². The van der Waals surface area contributed by atoms with E-state index in [1.807, 2.05) is 0 Å². The fourth-order valence-corrected chi connectivity index (χ4v) is 3.38. The maximum absolute atomic E-state index is 12.6. The molecule has 0 saturated heterocycles. The third-order valence-corrected chi connectivity index (χ3v) is 4.97. The van der Waals surface area contributed by atoms with Crippen LogP contribution in [0, 0.1) is 0 Å². The Bertz CT molecular complexity index is 1090. The molecule has 1 aromatic carbocycles. The summed E-state index contributed by atoms with van der Waals surface area (Å²) >= 11 is 5.96. The number of nitrogens with one attached hydrogen (secondary N) is 1. The summed E-state index contributed by atoms with van der Waals surface area (Å²) in [6.07, 6.45) is 6.88. The number of carbonyl (C=O) groups is 1. The summed E-state index contributed by atoms with van der Waals surface area (Å²) in [6.45, 7) is 1.73. The topological polar surface area (TPSA) is 120 Å². The normalized spacial score (nSPS) is 12.6. The second-order valence-corrected chi connectivity index (χ2v) is 8.20. The zero-order valence-electron chi connectivity index (χ0n) is 14.4. The summed E-state index contributed by atoms with van der Waals surface area (Å²) in [5, 5.41) is 6.94. The molecule has 2 aromatic heterocycles. The van der Waals surface area contributed by atoms with Crippen LogP contribution in [0.5, 0.6) is 0 Å². The van der Waals surface area contributed by atoms with Gasteiger partial charge < -0.3 is 5.32 Å². The van der Waals surface area contributed by atoms with Gasteiger partial charge in [-0.3, -0.25) is 9.78 Å². The number of carbonyl (C=O) groups excluding carboxylic acids is 1. The summed E-state index contributed by atoms with van der Waals surface area (Å²) in [5.74, 6) is -0.0733. The van der Waals surface area contributed by atoms with Gasteiger partial charge in [0.25, 0.3) is 5.91 Å². The van der Waals surface area contributed by atoms with E-state index in [0.717, 1.165) is 6.26 Å². The lowest BCUT2D eigenvalue weighted by Crippen LogP contribution is -2.28. The number of benzene rings is 1. The number of hydrogen-bond acceptors (Lipinski definition) is 7. The van der Waals surface area contributed by atoms with Gasteiger partial charge in [-0.05, 0) is 25.1 Å². The van der Waals surface area contributed by atoms with E-state index < -0.39 is 21.8 Å². The van der Waals surface area contributed by atoms with Crippen LogP contribution in [0.1, 0.15) is 29.0 Å². The summed E-state index contributed by atoms with van der Waals surface area (Å²) in [4.78, 5) is 25.0. The smallest absolute Gasteiger partial charge is 0.251 e. The van der Waals surface area contributed by atoms with E-state index in [1.165, 1.54) is 47.9 Å². The van der Waals surface area contributed by atoms with Crippen molar-refractivity contribution in [2.24, 2.45) is 0 Å². The third-order valence-electron chi connectivity index (χ3n) is 3.66. The van der Waals surface area contributed by atoms with E-state index in [0.29, 0.717) is 11.5 Å². The number of nitrogens with zero attached hydrogens (tertiary/aromatic N) is 5. The number of hydrogen-bond donors (Lipinski definition) is 1. The monoisotopic (exact) mass is 406 g/mol. The molecule has 11 heteroatoms. The van der Waals surface area contributed by atoms with Crippen molar-refractivity contribution in [1.82, 2.24) is 30.0 Å². The second-order valence-electron chi connectivity index (χ2n) is 5.75. The number of halogens is 1. The van der Waals surface area contributed by atoms with Crippen molar-refractivity contribution in [2.75, 3.05) is 6.26 Å². The number of sulfone groups is 1. The average molecular weight is 407 g/mol. The first kappa shape index (κ1) is 18.9. The Kier molecular flexibility index (Phi) is 5.19. The zero-order chi connectivity index (χ0) is 19.6. The predicted molar refractivity (Wildman–Crippen MR) is 97.4 cm³/mol. The molecule has 1 atom stereocenters. The third kappa shape index (κ3) is 4.29. The molecule has 1 N–H and O–H groups in total. The van der Waals surface area contributed by atoms with Crippen molar-refractivity contribution < 1.29 is 13.2 Å². The van der Waals surface area contributed by atoms with Gasteiger partial charge in [0.1, 0.15) is 18.3 Å². The molecule has 9 nitrogen and oxygen atoms in total. The molecule has 0 bridgehead atoms. The Labute approximate surface area is 160 Å². The van der Waals surface area contributed by atoms with E-state index >= 15 is 0 Å². The molecule has 0 fully saturated rings.